The molecule has 0 radical (unpaired) electrons. The molecule has 0 amide bonds. The first-order chi connectivity index (χ1) is 9.85. The molecule has 0 aromatic carbocycles. The van der Waals surface area contributed by atoms with Crippen LogP contribution >= 0.6 is 11.5 Å². The molecule has 0 spiro atoms. The van der Waals surface area contributed by atoms with Gasteiger partial charge in [0.05, 0.1) is 6.61 Å². The predicted molar refractivity (Wildman–Crippen MR) is 83.1 cm³/mol. The van der Waals surface area contributed by atoms with Crippen LogP contribution in [-0.2, 0) is 6.54 Å². The highest BCUT2D eigenvalue weighted by molar-refractivity contribution is 7.10. The average molecular weight is 298 g/mol. The molecule has 0 bridgehead atoms. The van der Waals surface area contributed by atoms with E-state index >= 15 is 0 Å². The molecule has 1 aliphatic rings. The van der Waals surface area contributed by atoms with Gasteiger partial charge in [-0.15, -0.1) is 5.10 Å². The van der Waals surface area contributed by atoms with Crippen molar-refractivity contribution in [3.05, 3.63) is 5.69 Å². The Balaban J connectivity index is 1.97. The van der Waals surface area contributed by atoms with E-state index in [2.05, 4.69) is 26.7 Å². The maximum Gasteiger partial charge on any atom is 0.134 e. The number of rotatable bonds is 8. The predicted octanol–water partition coefficient (Wildman–Crippen LogP) is 2.49. The number of anilines is 1. The first-order valence-electron chi connectivity index (χ1n) is 7.75. The lowest BCUT2D eigenvalue weighted by molar-refractivity contribution is 0.116. The van der Waals surface area contributed by atoms with Gasteiger partial charge in [-0.25, -0.2) is 0 Å². The molecular formula is C14H26N4OS. The van der Waals surface area contributed by atoms with E-state index in [1.165, 1.54) is 43.6 Å². The van der Waals surface area contributed by atoms with Gasteiger partial charge in [0.1, 0.15) is 10.7 Å². The second-order valence-corrected chi connectivity index (χ2v) is 6.22. The van der Waals surface area contributed by atoms with Gasteiger partial charge in [0.25, 0.3) is 0 Å². The molecule has 1 saturated carbocycles. The minimum absolute atomic E-state index is 0.214. The minimum Gasteiger partial charge on any atom is -0.395 e. The molecule has 5 nitrogen and oxygen atoms in total. The van der Waals surface area contributed by atoms with Crippen molar-refractivity contribution in [1.29, 1.82) is 0 Å². The second kappa shape index (κ2) is 8.54. The van der Waals surface area contributed by atoms with Crippen molar-refractivity contribution in [1.82, 2.24) is 14.5 Å². The van der Waals surface area contributed by atoms with Crippen molar-refractivity contribution in [2.75, 3.05) is 25.0 Å². The zero-order chi connectivity index (χ0) is 14.2. The van der Waals surface area contributed by atoms with Crippen LogP contribution in [0.25, 0.3) is 0 Å². The number of hydrogen-bond acceptors (Lipinski definition) is 6. The lowest BCUT2D eigenvalue weighted by Crippen LogP contribution is -2.38. The third-order valence-corrected chi connectivity index (χ3v) is 4.65. The summed E-state index contributed by atoms with van der Waals surface area (Å²) in [5.74, 6) is 0. The molecule has 0 saturated heterocycles. The van der Waals surface area contributed by atoms with Crippen LogP contribution < -0.4 is 5.32 Å². The summed E-state index contributed by atoms with van der Waals surface area (Å²) in [4.78, 5) is 2.38. The standard InChI is InChI=1S/C14H26N4OS/c1-2-8-15-14-13(16-17-20-14)11-18(9-10-19)12-6-4-3-5-7-12/h12,15,19H,2-11H2,1H3. The zero-order valence-corrected chi connectivity index (χ0v) is 13.2. The van der Waals surface area contributed by atoms with Gasteiger partial charge >= 0.3 is 0 Å². The first kappa shape index (κ1) is 15.7. The van der Waals surface area contributed by atoms with Gasteiger partial charge in [0, 0.05) is 37.2 Å². The quantitative estimate of drug-likeness (QED) is 0.772. The maximum absolute atomic E-state index is 9.32. The van der Waals surface area contributed by atoms with E-state index in [0.29, 0.717) is 6.04 Å². The fourth-order valence-electron chi connectivity index (χ4n) is 2.84. The van der Waals surface area contributed by atoms with E-state index in [4.69, 9.17) is 0 Å². The van der Waals surface area contributed by atoms with Gasteiger partial charge in [-0.3, -0.25) is 4.90 Å². The summed E-state index contributed by atoms with van der Waals surface area (Å²) in [6.45, 7) is 4.86. The van der Waals surface area contributed by atoms with E-state index in [1.807, 2.05) is 0 Å². The van der Waals surface area contributed by atoms with Gasteiger partial charge in [-0.1, -0.05) is 30.7 Å². The Morgan fingerprint density at radius 3 is 2.85 bits per heavy atom. The smallest absolute Gasteiger partial charge is 0.134 e. The molecule has 0 unspecified atom stereocenters. The van der Waals surface area contributed by atoms with Crippen LogP contribution in [0.1, 0.15) is 51.1 Å². The molecule has 2 N–H and O–H groups in total. The Labute approximate surface area is 125 Å². The highest BCUT2D eigenvalue weighted by Crippen LogP contribution is 2.26. The number of aromatic nitrogens is 2. The van der Waals surface area contributed by atoms with Crippen LogP contribution in [0.15, 0.2) is 0 Å². The number of nitrogens with one attached hydrogen (secondary N) is 1. The van der Waals surface area contributed by atoms with Crippen molar-refractivity contribution in [2.45, 2.75) is 58.0 Å². The topological polar surface area (TPSA) is 61.3 Å². The SMILES string of the molecule is CCCNc1snnc1CN(CCO)C1CCCCC1. The number of nitrogens with zero attached hydrogens (tertiary/aromatic N) is 3. The fourth-order valence-corrected chi connectivity index (χ4v) is 3.44. The maximum atomic E-state index is 9.32. The van der Waals surface area contributed by atoms with Crippen LogP contribution in [0, 0.1) is 0 Å². The lowest BCUT2D eigenvalue weighted by Gasteiger charge is -2.33. The van der Waals surface area contributed by atoms with E-state index in [0.717, 1.165) is 36.8 Å². The van der Waals surface area contributed by atoms with Crippen LogP contribution in [-0.4, -0.2) is 45.3 Å². The van der Waals surface area contributed by atoms with Crippen LogP contribution in [0.2, 0.25) is 0 Å². The van der Waals surface area contributed by atoms with Crippen molar-refractivity contribution < 1.29 is 5.11 Å². The molecule has 1 aliphatic carbocycles. The summed E-state index contributed by atoms with van der Waals surface area (Å²) >= 11 is 1.43. The molecule has 2 rings (SSSR count). The minimum atomic E-state index is 0.214. The third kappa shape index (κ3) is 4.40. The highest BCUT2D eigenvalue weighted by Gasteiger charge is 2.22. The number of aliphatic hydroxyl groups is 1. The first-order valence-corrected chi connectivity index (χ1v) is 8.52. The monoisotopic (exact) mass is 298 g/mol. The van der Waals surface area contributed by atoms with Crippen molar-refractivity contribution in [2.24, 2.45) is 0 Å². The Hall–Kier alpha value is -0.720. The molecule has 1 heterocycles. The molecule has 1 aromatic rings. The summed E-state index contributed by atoms with van der Waals surface area (Å²) in [5.41, 5.74) is 1.03. The summed E-state index contributed by atoms with van der Waals surface area (Å²) < 4.78 is 4.07. The molecule has 0 aliphatic heterocycles. The van der Waals surface area contributed by atoms with E-state index < -0.39 is 0 Å². The highest BCUT2D eigenvalue weighted by atomic mass is 32.1. The van der Waals surface area contributed by atoms with E-state index in [1.54, 1.807) is 0 Å². The number of hydrogen-bond donors (Lipinski definition) is 2. The third-order valence-electron chi connectivity index (χ3n) is 3.92. The van der Waals surface area contributed by atoms with Crippen LogP contribution in [0.3, 0.4) is 0 Å². The van der Waals surface area contributed by atoms with Crippen LogP contribution in [0.5, 0.6) is 0 Å². The average Bonchev–Trinajstić information content (AvgIpc) is 2.93. The van der Waals surface area contributed by atoms with Crippen molar-refractivity contribution >= 4 is 16.5 Å². The van der Waals surface area contributed by atoms with Gasteiger partial charge < -0.3 is 10.4 Å². The van der Waals surface area contributed by atoms with Crippen molar-refractivity contribution in [3.63, 3.8) is 0 Å². The Bertz CT molecular complexity index is 379. The molecule has 6 heteroatoms. The molecule has 114 valence electrons. The molecule has 1 fully saturated rings. The van der Waals surface area contributed by atoms with Gasteiger partial charge in [0.15, 0.2) is 0 Å². The molecule has 20 heavy (non-hydrogen) atoms. The largest absolute Gasteiger partial charge is 0.395 e. The summed E-state index contributed by atoms with van der Waals surface area (Å²) in [6, 6.07) is 0.594. The zero-order valence-electron chi connectivity index (χ0n) is 12.3. The van der Waals surface area contributed by atoms with Crippen LogP contribution in [0.4, 0.5) is 5.00 Å². The fraction of sp³-hybridized carbons (Fsp3) is 0.857. The van der Waals surface area contributed by atoms with Gasteiger partial charge in [-0.05, 0) is 19.3 Å². The second-order valence-electron chi connectivity index (χ2n) is 5.46. The van der Waals surface area contributed by atoms with E-state index in [-0.39, 0.29) is 6.61 Å². The number of aliphatic hydroxyl groups excluding tert-OH is 1. The van der Waals surface area contributed by atoms with Gasteiger partial charge in [-0.2, -0.15) is 0 Å². The van der Waals surface area contributed by atoms with Gasteiger partial charge in [0.2, 0.25) is 0 Å². The molecule has 0 atom stereocenters. The van der Waals surface area contributed by atoms with E-state index in [9.17, 15) is 5.11 Å². The lowest BCUT2D eigenvalue weighted by atomic mass is 9.94. The Morgan fingerprint density at radius 2 is 2.15 bits per heavy atom. The summed E-state index contributed by atoms with van der Waals surface area (Å²) in [7, 11) is 0. The Kier molecular flexibility index (Phi) is 6.69. The Morgan fingerprint density at radius 1 is 1.35 bits per heavy atom. The normalized spacial score (nSPS) is 16.8. The summed E-state index contributed by atoms with van der Waals surface area (Å²) in [6.07, 6.45) is 7.56. The molecule has 1 aromatic heterocycles. The van der Waals surface area contributed by atoms with Crippen molar-refractivity contribution in [3.8, 4) is 0 Å². The summed E-state index contributed by atoms with van der Waals surface area (Å²) in [5, 5.41) is 18.1. The molecular weight excluding hydrogens is 272 g/mol.